The fraction of sp³-hybridized carbons (Fsp3) is 0.944. The molecule has 0 aromatic heterocycles. The Morgan fingerprint density at radius 3 is 1.76 bits per heavy atom. The first-order valence-corrected chi connectivity index (χ1v) is 28.6. The number of nitrogens with one attached hydrogen (secondary N) is 2. The summed E-state index contributed by atoms with van der Waals surface area (Å²) >= 11 is 0. The molecule has 0 saturated carbocycles. The van der Waals surface area contributed by atoms with Gasteiger partial charge in [0.1, 0.15) is 61.0 Å². The number of rotatable bonds is 41. The molecular weight excluding hydrogens is 981 g/mol. The van der Waals surface area contributed by atoms with Gasteiger partial charge in [-0.05, 0) is 12.8 Å². The fourth-order valence-corrected chi connectivity index (χ4v) is 10.2. The molecule has 11 N–H and O–H groups in total. The van der Waals surface area contributed by atoms with E-state index in [1.165, 1.54) is 110 Å². The van der Waals surface area contributed by atoms with Gasteiger partial charge in [0, 0.05) is 19.3 Å². The van der Waals surface area contributed by atoms with E-state index in [1.54, 1.807) is 0 Å². The standard InChI is InChI=1S/C54H100N2O19/c1-5-7-9-11-13-15-16-17-18-19-20-21-23-25-27-29-43(63)56-38(28-26-24-22-14-12-10-8-6-2)33-69-52-44(55-37(4)60)47(66)51(41(32-58)72-52)74-53-49(68)48(67)46(65)42(73-53)34-70-54(71-35-59)30-39(61)36(3)50(75-54)45(64)40(62)31-57/h35-36,38-42,44-53,57-58,61-62,64-68H,5-34H2,1-4H3,(H,55,60)(H,56,63)/t36-,38?,39-,40-,41?,42?,44?,45-,46+,47-,48+,49?,50?,51-,52-,53+,54+/m1/s1. The smallest absolute Gasteiger partial charge is 0.332 e. The molecule has 0 aliphatic carbocycles. The number of carbonyl (C=O) groups is 3. The molecule has 21 heteroatoms. The van der Waals surface area contributed by atoms with Crippen molar-refractivity contribution in [3.63, 3.8) is 0 Å². The summed E-state index contributed by atoms with van der Waals surface area (Å²) in [6.45, 7) is 4.59. The highest BCUT2D eigenvalue weighted by Gasteiger charge is 2.55. The predicted octanol–water partition coefficient (Wildman–Crippen LogP) is 3.40. The van der Waals surface area contributed by atoms with Gasteiger partial charge >= 0.3 is 5.97 Å². The van der Waals surface area contributed by atoms with Crippen molar-refractivity contribution in [1.82, 2.24) is 10.6 Å². The van der Waals surface area contributed by atoms with Crippen LogP contribution in [0.2, 0.25) is 0 Å². The molecule has 17 atom stereocenters. The van der Waals surface area contributed by atoms with Crippen molar-refractivity contribution in [2.24, 2.45) is 5.92 Å². The molecular formula is C54H100N2O19. The quantitative estimate of drug-likeness (QED) is 0.0237. The zero-order valence-electron chi connectivity index (χ0n) is 45.6. The van der Waals surface area contributed by atoms with E-state index in [-0.39, 0.29) is 19.0 Å². The first-order valence-electron chi connectivity index (χ1n) is 28.6. The zero-order valence-corrected chi connectivity index (χ0v) is 45.6. The van der Waals surface area contributed by atoms with E-state index in [0.717, 1.165) is 51.4 Å². The van der Waals surface area contributed by atoms with Crippen LogP contribution in [0.3, 0.4) is 0 Å². The van der Waals surface area contributed by atoms with Crippen molar-refractivity contribution in [1.29, 1.82) is 0 Å². The molecule has 0 bridgehead atoms. The van der Waals surface area contributed by atoms with Crippen LogP contribution < -0.4 is 10.6 Å². The van der Waals surface area contributed by atoms with E-state index < -0.39 is 136 Å². The number of aliphatic hydroxyl groups is 9. The van der Waals surface area contributed by atoms with Crippen LogP contribution in [0.15, 0.2) is 0 Å². The van der Waals surface area contributed by atoms with Crippen LogP contribution in [0.4, 0.5) is 0 Å². The second-order valence-electron chi connectivity index (χ2n) is 21.3. The predicted molar refractivity (Wildman–Crippen MR) is 275 cm³/mol. The third-order valence-electron chi connectivity index (χ3n) is 14.9. The molecule has 6 unspecified atom stereocenters. The summed E-state index contributed by atoms with van der Waals surface area (Å²) in [5.74, 6) is -3.98. The number of unbranched alkanes of at least 4 members (excludes halogenated alkanes) is 21. The second-order valence-corrected chi connectivity index (χ2v) is 21.3. The van der Waals surface area contributed by atoms with E-state index in [1.807, 2.05) is 0 Å². The molecule has 2 amide bonds. The highest BCUT2D eigenvalue weighted by Crippen LogP contribution is 2.38. The van der Waals surface area contributed by atoms with Crippen molar-refractivity contribution in [2.45, 2.75) is 292 Å². The van der Waals surface area contributed by atoms with Crippen LogP contribution >= 0.6 is 0 Å². The van der Waals surface area contributed by atoms with Crippen molar-refractivity contribution < 1.29 is 93.5 Å². The summed E-state index contributed by atoms with van der Waals surface area (Å²) < 4.78 is 40.8. The lowest BCUT2D eigenvalue weighted by Crippen LogP contribution is -2.68. The van der Waals surface area contributed by atoms with Gasteiger partial charge in [-0.2, -0.15) is 0 Å². The molecule has 440 valence electrons. The third kappa shape index (κ3) is 23.6. The number of aliphatic hydroxyl groups excluding tert-OH is 9. The molecule has 0 spiro atoms. The minimum Gasteiger partial charge on any atom is -0.410 e. The molecule has 3 rings (SSSR count). The largest absolute Gasteiger partial charge is 0.410 e. The van der Waals surface area contributed by atoms with Gasteiger partial charge in [0.15, 0.2) is 12.6 Å². The third-order valence-corrected chi connectivity index (χ3v) is 14.9. The summed E-state index contributed by atoms with van der Waals surface area (Å²) in [6.07, 6.45) is 5.95. The van der Waals surface area contributed by atoms with Crippen LogP contribution in [-0.4, -0.2) is 188 Å². The van der Waals surface area contributed by atoms with Crippen molar-refractivity contribution in [3.05, 3.63) is 0 Å². The monoisotopic (exact) mass is 1080 g/mol. The Morgan fingerprint density at radius 1 is 0.707 bits per heavy atom. The zero-order chi connectivity index (χ0) is 55.2. The molecule has 0 aromatic rings. The van der Waals surface area contributed by atoms with Crippen LogP contribution in [-0.2, 0) is 47.5 Å². The van der Waals surface area contributed by atoms with E-state index >= 15 is 0 Å². The van der Waals surface area contributed by atoms with E-state index in [4.69, 9.17) is 33.2 Å². The van der Waals surface area contributed by atoms with Crippen molar-refractivity contribution in [2.75, 3.05) is 26.4 Å². The topological polar surface area (TPSA) is 322 Å². The highest BCUT2D eigenvalue weighted by atomic mass is 16.9. The summed E-state index contributed by atoms with van der Waals surface area (Å²) in [5.41, 5.74) is 0. The van der Waals surface area contributed by atoms with Gasteiger partial charge in [-0.25, -0.2) is 0 Å². The maximum absolute atomic E-state index is 13.3. The first kappa shape index (κ1) is 67.1. The first-order chi connectivity index (χ1) is 36.1. The maximum atomic E-state index is 13.3. The number of hydrogen-bond donors (Lipinski definition) is 11. The Kier molecular flexibility index (Phi) is 33.7. The molecule has 3 heterocycles. The number of amides is 2. The van der Waals surface area contributed by atoms with Gasteiger partial charge in [-0.15, -0.1) is 0 Å². The number of carbonyl (C=O) groups excluding carboxylic acids is 3. The second kappa shape index (κ2) is 37.6. The average Bonchev–Trinajstić information content (AvgIpc) is 3.39. The maximum Gasteiger partial charge on any atom is 0.332 e. The summed E-state index contributed by atoms with van der Waals surface area (Å²) in [5, 5.41) is 102. The molecule has 3 aliphatic rings. The fourth-order valence-electron chi connectivity index (χ4n) is 10.2. The van der Waals surface area contributed by atoms with E-state index in [0.29, 0.717) is 12.8 Å². The molecule has 75 heavy (non-hydrogen) atoms. The van der Waals surface area contributed by atoms with Crippen LogP contribution in [0.1, 0.15) is 195 Å². The Labute approximate surface area is 446 Å². The average molecular weight is 1080 g/mol. The lowest BCUT2D eigenvalue weighted by atomic mass is 9.87. The molecule has 21 nitrogen and oxygen atoms in total. The SMILES string of the molecule is CCCCCCCCCCCCCCCCCC(=O)NC(CCCCCCCCCC)CO[C@@H]1OC(CO)[C@@H](O[C@@H]2OC(CO[C@]3(OC=O)C[C@@H](O)[C@@H](C)C([C@H](O)[C@H](O)CO)O3)[C@H](O)[C@H](O)C2O)[C@H](O)C1NC(C)=O. The molecule has 3 saturated heterocycles. The minimum absolute atomic E-state index is 0.0505. The lowest BCUT2D eigenvalue weighted by Gasteiger charge is -2.48. The Hall–Kier alpha value is -2.19. The van der Waals surface area contributed by atoms with Crippen molar-refractivity contribution in [3.8, 4) is 0 Å². The summed E-state index contributed by atoms with van der Waals surface area (Å²) in [4.78, 5) is 37.6. The normalized spacial score (nSPS) is 31.3. The number of ether oxygens (including phenoxy) is 7. The van der Waals surface area contributed by atoms with E-state index in [2.05, 4.69) is 24.5 Å². The summed E-state index contributed by atoms with van der Waals surface area (Å²) in [7, 11) is 0. The molecule has 0 aromatic carbocycles. The van der Waals surface area contributed by atoms with Gasteiger partial charge in [-0.3, -0.25) is 14.4 Å². The minimum atomic E-state index is -2.44. The van der Waals surface area contributed by atoms with Gasteiger partial charge < -0.3 is 89.8 Å². The molecule has 3 fully saturated rings. The molecule has 3 aliphatic heterocycles. The van der Waals surface area contributed by atoms with Crippen LogP contribution in [0.5, 0.6) is 0 Å². The Balaban J connectivity index is 1.63. The van der Waals surface area contributed by atoms with Gasteiger partial charge in [0.2, 0.25) is 11.8 Å². The lowest BCUT2D eigenvalue weighted by molar-refractivity contribution is -0.423. The molecule has 0 radical (unpaired) electrons. The summed E-state index contributed by atoms with van der Waals surface area (Å²) in [6, 6.07) is -1.76. The van der Waals surface area contributed by atoms with Crippen LogP contribution in [0.25, 0.3) is 0 Å². The number of hydrogen-bond acceptors (Lipinski definition) is 19. The van der Waals surface area contributed by atoms with Crippen molar-refractivity contribution >= 4 is 18.3 Å². The Bertz CT molecular complexity index is 1520. The van der Waals surface area contributed by atoms with Gasteiger partial charge in [-0.1, -0.05) is 162 Å². The highest BCUT2D eigenvalue weighted by molar-refractivity contribution is 5.76. The van der Waals surface area contributed by atoms with Gasteiger partial charge in [0.25, 0.3) is 6.47 Å². The van der Waals surface area contributed by atoms with Gasteiger partial charge in [0.05, 0.1) is 51.1 Å². The Morgan fingerprint density at radius 2 is 1.24 bits per heavy atom. The van der Waals surface area contributed by atoms with Crippen LogP contribution in [0, 0.1) is 5.92 Å². The van der Waals surface area contributed by atoms with E-state index in [9.17, 15) is 60.3 Å².